The fourth-order valence-electron chi connectivity index (χ4n) is 1.64. The van der Waals surface area contributed by atoms with Gasteiger partial charge in [0, 0.05) is 6.04 Å². The number of hydrogen-bond acceptors (Lipinski definition) is 2. The number of nitrogens with one attached hydrogen (secondary N) is 1. The summed E-state index contributed by atoms with van der Waals surface area (Å²) in [5.74, 6) is 0.415. The first kappa shape index (κ1) is 15.0. The molecule has 18 heavy (non-hydrogen) atoms. The van der Waals surface area contributed by atoms with E-state index in [9.17, 15) is 4.39 Å². The Hall–Kier alpha value is -1.09. The maximum absolute atomic E-state index is 13.9. The molecule has 2 unspecified atom stereocenters. The van der Waals surface area contributed by atoms with E-state index in [1.54, 1.807) is 12.1 Å². The molecule has 0 aromatic heterocycles. The molecule has 1 rings (SSSR count). The van der Waals surface area contributed by atoms with Crippen LogP contribution < -0.4 is 10.1 Å². The zero-order valence-electron chi connectivity index (χ0n) is 12.0. The van der Waals surface area contributed by atoms with Gasteiger partial charge in [-0.25, -0.2) is 4.39 Å². The van der Waals surface area contributed by atoms with Crippen LogP contribution in [0.1, 0.15) is 46.2 Å². The SMILES string of the molecule is CCNC(C)c1ccc(OC(C)C(C)C)c(F)c1. The molecule has 0 fully saturated rings. The second kappa shape index (κ2) is 6.74. The lowest BCUT2D eigenvalue weighted by Gasteiger charge is -2.19. The van der Waals surface area contributed by atoms with Gasteiger partial charge in [0.05, 0.1) is 6.10 Å². The molecule has 0 amide bonds. The normalized spacial score (nSPS) is 14.6. The van der Waals surface area contributed by atoms with Crippen LogP contribution in [-0.2, 0) is 0 Å². The van der Waals surface area contributed by atoms with Gasteiger partial charge in [-0.15, -0.1) is 0 Å². The van der Waals surface area contributed by atoms with Gasteiger partial charge in [-0.1, -0.05) is 26.8 Å². The lowest BCUT2D eigenvalue weighted by Crippen LogP contribution is -2.20. The highest BCUT2D eigenvalue weighted by Crippen LogP contribution is 2.24. The lowest BCUT2D eigenvalue weighted by molar-refractivity contribution is 0.163. The molecule has 102 valence electrons. The molecule has 0 aliphatic heterocycles. The Morgan fingerprint density at radius 1 is 1.22 bits per heavy atom. The van der Waals surface area contributed by atoms with Crippen molar-refractivity contribution in [3.05, 3.63) is 29.6 Å². The maximum atomic E-state index is 13.9. The fourth-order valence-corrected chi connectivity index (χ4v) is 1.64. The van der Waals surface area contributed by atoms with E-state index in [1.165, 1.54) is 0 Å². The van der Waals surface area contributed by atoms with Gasteiger partial charge in [-0.3, -0.25) is 0 Å². The van der Waals surface area contributed by atoms with Gasteiger partial charge in [0.1, 0.15) is 0 Å². The Morgan fingerprint density at radius 2 is 1.89 bits per heavy atom. The topological polar surface area (TPSA) is 21.3 Å². The van der Waals surface area contributed by atoms with Crippen LogP contribution in [0.15, 0.2) is 18.2 Å². The van der Waals surface area contributed by atoms with Crippen LogP contribution in [0.4, 0.5) is 4.39 Å². The Morgan fingerprint density at radius 3 is 2.39 bits per heavy atom. The lowest BCUT2D eigenvalue weighted by atomic mass is 10.1. The van der Waals surface area contributed by atoms with Gasteiger partial charge in [0.25, 0.3) is 0 Å². The quantitative estimate of drug-likeness (QED) is 0.829. The van der Waals surface area contributed by atoms with Crippen molar-refractivity contribution in [1.82, 2.24) is 5.32 Å². The minimum atomic E-state index is -0.287. The third-order valence-electron chi connectivity index (χ3n) is 3.22. The smallest absolute Gasteiger partial charge is 0.165 e. The summed E-state index contributed by atoms with van der Waals surface area (Å²) < 4.78 is 19.5. The van der Waals surface area contributed by atoms with Crippen LogP contribution in [0.25, 0.3) is 0 Å². The molecule has 2 atom stereocenters. The summed E-state index contributed by atoms with van der Waals surface area (Å²) in [5.41, 5.74) is 0.943. The Bertz CT molecular complexity index is 379. The molecular weight excluding hydrogens is 229 g/mol. The van der Waals surface area contributed by atoms with E-state index in [1.807, 2.05) is 26.8 Å². The Labute approximate surface area is 110 Å². The largest absolute Gasteiger partial charge is 0.487 e. The predicted octanol–water partition coefficient (Wildman–Crippen LogP) is 3.92. The predicted molar refractivity (Wildman–Crippen MR) is 73.4 cm³/mol. The van der Waals surface area contributed by atoms with Crippen molar-refractivity contribution in [3.8, 4) is 5.75 Å². The Kier molecular flexibility index (Phi) is 5.60. The third kappa shape index (κ3) is 3.98. The second-order valence-corrected chi connectivity index (χ2v) is 5.04. The highest BCUT2D eigenvalue weighted by atomic mass is 19.1. The molecule has 0 saturated heterocycles. The van der Waals surface area contributed by atoms with Crippen LogP contribution >= 0.6 is 0 Å². The van der Waals surface area contributed by atoms with Crippen molar-refractivity contribution in [2.45, 2.75) is 46.8 Å². The monoisotopic (exact) mass is 253 g/mol. The van der Waals surface area contributed by atoms with Gasteiger partial charge in [0.2, 0.25) is 0 Å². The molecule has 2 nitrogen and oxygen atoms in total. The molecule has 0 heterocycles. The highest BCUT2D eigenvalue weighted by molar-refractivity contribution is 5.31. The van der Waals surface area contributed by atoms with Gasteiger partial charge in [-0.2, -0.15) is 0 Å². The van der Waals surface area contributed by atoms with Crippen LogP contribution in [0.5, 0.6) is 5.75 Å². The molecule has 0 radical (unpaired) electrons. The first-order valence-corrected chi connectivity index (χ1v) is 6.65. The standard InChI is InChI=1S/C15H24FNO/c1-6-17-11(4)13-7-8-15(14(16)9-13)18-12(5)10(2)3/h7-12,17H,6H2,1-5H3. The number of ether oxygens (including phenoxy) is 1. The number of hydrogen-bond donors (Lipinski definition) is 1. The van der Waals surface area contributed by atoms with E-state index in [4.69, 9.17) is 4.74 Å². The summed E-state index contributed by atoms with van der Waals surface area (Å²) in [5, 5.41) is 3.26. The molecule has 0 aliphatic carbocycles. The van der Waals surface area contributed by atoms with Crippen molar-refractivity contribution >= 4 is 0 Å². The average Bonchev–Trinajstić information content (AvgIpc) is 2.31. The van der Waals surface area contributed by atoms with E-state index in [0.717, 1.165) is 12.1 Å². The number of benzene rings is 1. The van der Waals surface area contributed by atoms with Crippen molar-refractivity contribution in [2.75, 3.05) is 6.54 Å². The first-order chi connectivity index (χ1) is 8.45. The molecule has 3 heteroatoms. The van der Waals surface area contributed by atoms with E-state index >= 15 is 0 Å². The first-order valence-electron chi connectivity index (χ1n) is 6.65. The van der Waals surface area contributed by atoms with E-state index in [0.29, 0.717) is 11.7 Å². The highest BCUT2D eigenvalue weighted by Gasteiger charge is 2.13. The van der Waals surface area contributed by atoms with Crippen molar-refractivity contribution in [1.29, 1.82) is 0 Å². The second-order valence-electron chi connectivity index (χ2n) is 5.04. The fraction of sp³-hybridized carbons (Fsp3) is 0.600. The van der Waals surface area contributed by atoms with Gasteiger partial charge in [-0.05, 0) is 44.0 Å². The molecule has 0 bridgehead atoms. The third-order valence-corrected chi connectivity index (χ3v) is 3.22. The minimum Gasteiger partial charge on any atom is -0.487 e. The summed E-state index contributed by atoms with van der Waals surface area (Å²) >= 11 is 0. The van der Waals surface area contributed by atoms with Gasteiger partial charge >= 0.3 is 0 Å². The molecule has 1 aromatic carbocycles. The maximum Gasteiger partial charge on any atom is 0.165 e. The zero-order chi connectivity index (χ0) is 13.7. The van der Waals surface area contributed by atoms with Crippen molar-refractivity contribution in [2.24, 2.45) is 5.92 Å². The summed E-state index contributed by atoms with van der Waals surface area (Å²) in [6.45, 7) is 11.0. The minimum absolute atomic E-state index is 0.0107. The summed E-state index contributed by atoms with van der Waals surface area (Å²) in [6, 6.07) is 5.34. The molecule has 0 aliphatic rings. The number of halogens is 1. The molecule has 1 aromatic rings. The molecular formula is C15H24FNO. The van der Waals surface area contributed by atoms with Crippen LogP contribution in [0, 0.1) is 11.7 Å². The zero-order valence-corrected chi connectivity index (χ0v) is 12.0. The van der Waals surface area contributed by atoms with Crippen LogP contribution in [-0.4, -0.2) is 12.6 Å². The van der Waals surface area contributed by atoms with E-state index in [-0.39, 0.29) is 18.0 Å². The molecule has 0 saturated carbocycles. The van der Waals surface area contributed by atoms with E-state index < -0.39 is 0 Å². The molecule has 1 N–H and O–H groups in total. The number of rotatable bonds is 6. The summed E-state index contributed by atoms with van der Waals surface area (Å²) in [7, 11) is 0. The van der Waals surface area contributed by atoms with Gasteiger partial charge in [0.15, 0.2) is 11.6 Å². The van der Waals surface area contributed by atoms with Crippen LogP contribution in [0.3, 0.4) is 0 Å². The van der Waals surface area contributed by atoms with Crippen LogP contribution in [0.2, 0.25) is 0 Å². The molecule has 0 spiro atoms. The Balaban J connectivity index is 2.79. The summed E-state index contributed by atoms with van der Waals surface area (Å²) in [4.78, 5) is 0. The summed E-state index contributed by atoms with van der Waals surface area (Å²) in [6.07, 6.45) is 0.0107. The average molecular weight is 253 g/mol. The van der Waals surface area contributed by atoms with E-state index in [2.05, 4.69) is 19.2 Å². The van der Waals surface area contributed by atoms with Crippen molar-refractivity contribution in [3.63, 3.8) is 0 Å². The van der Waals surface area contributed by atoms with Crippen molar-refractivity contribution < 1.29 is 9.13 Å². The van der Waals surface area contributed by atoms with Gasteiger partial charge < -0.3 is 10.1 Å².